The van der Waals surface area contributed by atoms with Crippen molar-refractivity contribution in [2.24, 2.45) is 0 Å². The fourth-order valence-electron chi connectivity index (χ4n) is 2.48. The Hall–Kier alpha value is -1.86. The highest BCUT2D eigenvalue weighted by atomic mass is 127. The lowest BCUT2D eigenvalue weighted by molar-refractivity contribution is -0.598. The average molecular weight is 537 g/mol. The molecule has 1 N–H and O–H groups in total. The minimum atomic E-state index is -0.376. The number of hydrogen-bond acceptors (Lipinski definition) is 2. The van der Waals surface area contributed by atoms with Gasteiger partial charge in [-0.25, -0.2) is 4.79 Å². The van der Waals surface area contributed by atoms with E-state index in [2.05, 4.69) is 69.8 Å². The van der Waals surface area contributed by atoms with Gasteiger partial charge in [-0.2, -0.15) is 0 Å². The lowest BCUT2D eigenvalue weighted by atomic mass is 10.1. The van der Waals surface area contributed by atoms with Crippen LogP contribution in [0, 0.1) is 7.14 Å². The predicted molar refractivity (Wildman–Crippen MR) is 106 cm³/mol. The molecule has 0 aliphatic carbocycles. The van der Waals surface area contributed by atoms with E-state index in [-0.39, 0.29) is 33.9 Å². The first-order valence-corrected chi connectivity index (χ1v) is 11.6. The van der Waals surface area contributed by atoms with Crippen molar-refractivity contribution in [3.8, 4) is 0 Å². The van der Waals surface area contributed by atoms with E-state index in [9.17, 15) is 4.79 Å². The van der Waals surface area contributed by atoms with Crippen LogP contribution in [0.3, 0.4) is 0 Å². The Bertz CT molecular complexity index is 869. The molecule has 0 unspecified atom stereocenters. The molecule has 0 aliphatic rings. The van der Waals surface area contributed by atoms with Crippen molar-refractivity contribution < 1.29 is 30.7 Å². The third kappa shape index (κ3) is 6.66. The van der Waals surface area contributed by atoms with Gasteiger partial charge in [-0.1, -0.05) is 64.5 Å². The summed E-state index contributed by atoms with van der Waals surface area (Å²) in [5.41, 5.74) is 2.27. The zero-order chi connectivity index (χ0) is 18.9. The average Bonchev–Trinajstić information content (AvgIpc) is 2.70. The van der Waals surface area contributed by atoms with Gasteiger partial charge in [-0.15, -0.1) is 0 Å². The van der Waals surface area contributed by atoms with Crippen LogP contribution in [0.15, 0.2) is 83.3 Å². The highest BCUT2D eigenvalue weighted by Gasteiger charge is 2.19. The van der Waals surface area contributed by atoms with Gasteiger partial charge in [0.25, 0.3) is 0 Å². The third-order valence-corrected chi connectivity index (χ3v) is 7.35. The fourth-order valence-corrected chi connectivity index (χ4v) is 5.31. The van der Waals surface area contributed by atoms with Crippen LogP contribution < -0.4 is 26.5 Å². The van der Waals surface area contributed by atoms with E-state index in [1.54, 1.807) is 0 Å². The van der Waals surface area contributed by atoms with Crippen molar-refractivity contribution in [3.05, 3.63) is 102 Å². The molecule has 3 nitrogen and oxygen atoms in total. The number of halogens is 2. The Labute approximate surface area is 178 Å². The Morgan fingerprint density at radius 1 is 0.926 bits per heavy atom. The van der Waals surface area contributed by atoms with E-state index in [1.165, 1.54) is 12.7 Å². The summed E-state index contributed by atoms with van der Waals surface area (Å²) in [6, 6.07) is 26.7. The molecule has 0 aromatic heterocycles. The number of carbonyl (C=O) groups excluding carboxylic acids is 1. The van der Waals surface area contributed by atoms with Crippen molar-refractivity contribution in [3.63, 3.8) is 0 Å². The first kappa shape index (κ1) is 19.9. The van der Waals surface area contributed by atoms with E-state index >= 15 is 0 Å². The van der Waals surface area contributed by atoms with Gasteiger partial charge in [0.05, 0.1) is 0 Å². The summed E-state index contributed by atoms with van der Waals surface area (Å²) in [6.45, 7) is 0.854. The second-order valence-corrected chi connectivity index (χ2v) is 9.72. The number of carbonyl (C=O) groups is 1. The number of nitrogens with one attached hydrogen (secondary N) is 1. The van der Waals surface area contributed by atoms with E-state index in [4.69, 9.17) is 4.74 Å². The number of rotatable bonds is 7. The van der Waals surface area contributed by atoms with E-state index < -0.39 is 0 Å². The molecule has 0 radical (unpaired) electrons. The Morgan fingerprint density at radius 3 is 2.41 bits per heavy atom. The van der Waals surface area contributed by atoms with Gasteiger partial charge in [0.2, 0.25) is 0 Å². The number of alkyl carbamates (subject to hydrolysis) is 1. The largest absolute Gasteiger partial charge is 0.445 e. The van der Waals surface area contributed by atoms with Crippen molar-refractivity contribution in [2.45, 2.75) is 13.0 Å². The molecule has 1 amide bonds. The summed E-state index contributed by atoms with van der Waals surface area (Å²) in [7, 11) is 0. The van der Waals surface area contributed by atoms with Gasteiger partial charge in [-0.05, 0) is 42.3 Å². The fraction of sp³-hybridized carbons (Fsp3) is 0.136. The standard InChI is InChI=1S/C22H19BrINO2/c23-19-10-12-20(13-11-19)24-21-9-5-4-8-18(21)14-15-25-22(26)27-16-17-6-2-1-3-7-17/h1-13H,14-16H2/p+1. The molecule has 0 saturated carbocycles. The van der Waals surface area contributed by atoms with Gasteiger partial charge in [-0.3, -0.25) is 0 Å². The summed E-state index contributed by atoms with van der Waals surface area (Å²) in [5, 5.41) is 2.84. The van der Waals surface area contributed by atoms with Gasteiger partial charge in [0.1, 0.15) is 6.61 Å². The van der Waals surface area contributed by atoms with E-state index in [0.29, 0.717) is 6.54 Å². The summed E-state index contributed by atoms with van der Waals surface area (Å²) >= 11 is 3.24. The first-order chi connectivity index (χ1) is 13.2. The molecular formula is C22H20BrINO2+. The summed E-state index contributed by atoms with van der Waals surface area (Å²) in [6.07, 6.45) is 0.422. The smallest absolute Gasteiger partial charge is 0.407 e. The summed E-state index contributed by atoms with van der Waals surface area (Å²) in [4.78, 5) is 11.9. The van der Waals surface area contributed by atoms with Crippen LogP contribution in [0.5, 0.6) is 0 Å². The normalized spacial score (nSPS) is 10.4. The zero-order valence-electron chi connectivity index (χ0n) is 14.7. The van der Waals surface area contributed by atoms with E-state index in [1.807, 2.05) is 30.3 Å². The lowest BCUT2D eigenvalue weighted by Gasteiger charge is -2.07. The Kier molecular flexibility index (Phi) is 7.71. The second kappa shape index (κ2) is 10.5. The number of ether oxygens (including phenoxy) is 1. The van der Waals surface area contributed by atoms with Gasteiger partial charge in [0.15, 0.2) is 7.14 Å². The van der Waals surface area contributed by atoms with Gasteiger partial charge >= 0.3 is 27.3 Å². The monoisotopic (exact) mass is 536 g/mol. The Morgan fingerprint density at radius 2 is 1.63 bits per heavy atom. The van der Waals surface area contributed by atoms with Crippen LogP contribution >= 0.6 is 15.9 Å². The Balaban J connectivity index is 1.49. The van der Waals surface area contributed by atoms with Gasteiger partial charge < -0.3 is 10.1 Å². The second-order valence-electron chi connectivity index (χ2n) is 5.86. The van der Waals surface area contributed by atoms with Gasteiger partial charge in [0, 0.05) is 16.6 Å². The number of amides is 1. The lowest BCUT2D eigenvalue weighted by Crippen LogP contribution is -3.61. The van der Waals surface area contributed by atoms with Crippen LogP contribution in [-0.4, -0.2) is 12.6 Å². The van der Waals surface area contributed by atoms with Crippen LogP contribution in [0.4, 0.5) is 4.79 Å². The molecule has 3 aromatic rings. The maximum absolute atomic E-state index is 11.9. The molecule has 5 heteroatoms. The molecule has 0 fully saturated rings. The van der Waals surface area contributed by atoms with Crippen LogP contribution in [0.25, 0.3) is 0 Å². The molecule has 0 atom stereocenters. The zero-order valence-corrected chi connectivity index (χ0v) is 18.4. The van der Waals surface area contributed by atoms with Crippen LogP contribution in [-0.2, 0) is 17.8 Å². The quantitative estimate of drug-likeness (QED) is 0.469. The predicted octanol–water partition coefficient (Wildman–Crippen LogP) is 2.05. The molecule has 0 heterocycles. The SMILES string of the molecule is O=C(NCCc1ccccc1[I+]c1ccc(Br)cc1)OCc1ccccc1. The molecule has 3 aromatic carbocycles. The highest BCUT2D eigenvalue weighted by Crippen LogP contribution is 2.06. The third-order valence-electron chi connectivity index (χ3n) is 3.85. The minimum absolute atomic E-state index is 0.242. The van der Waals surface area contributed by atoms with Crippen molar-refractivity contribution in [2.75, 3.05) is 6.54 Å². The molecule has 0 aliphatic heterocycles. The minimum Gasteiger partial charge on any atom is -0.445 e. The molecule has 0 saturated heterocycles. The molecule has 27 heavy (non-hydrogen) atoms. The molecule has 3 rings (SSSR count). The topological polar surface area (TPSA) is 38.3 Å². The first-order valence-electron chi connectivity index (χ1n) is 8.63. The maximum atomic E-state index is 11.9. The van der Waals surface area contributed by atoms with Crippen LogP contribution in [0.1, 0.15) is 11.1 Å². The molecule has 0 spiro atoms. The van der Waals surface area contributed by atoms with Crippen LogP contribution in [0.2, 0.25) is 0 Å². The summed E-state index contributed by atoms with van der Waals surface area (Å²) in [5.74, 6) is 0. The van der Waals surface area contributed by atoms with E-state index in [0.717, 1.165) is 16.5 Å². The molecular weight excluding hydrogens is 517 g/mol. The highest BCUT2D eigenvalue weighted by molar-refractivity contribution is 9.10. The molecule has 138 valence electrons. The summed E-state index contributed by atoms with van der Waals surface area (Å²) < 4.78 is 9.12. The number of benzene rings is 3. The van der Waals surface area contributed by atoms with Crippen molar-refractivity contribution in [1.29, 1.82) is 0 Å². The maximum Gasteiger partial charge on any atom is 0.407 e. The van der Waals surface area contributed by atoms with Crippen molar-refractivity contribution >= 4 is 22.0 Å². The number of hydrogen-bond donors (Lipinski definition) is 1. The molecule has 0 bridgehead atoms. The van der Waals surface area contributed by atoms with Crippen molar-refractivity contribution in [1.82, 2.24) is 5.32 Å².